The van der Waals surface area contributed by atoms with Gasteiger partial charge in [0.15, 0.2) is 0 Å². The predicted molar refractivity (Wildman–Crippen MR) is 75.0 cm³/mol. The van der Waals surface area contributed by atoms with Gasteiger partial charge in [0.25, 0.3) is 0 Å². The van der Waals surface area contributed by atoms with Gasteiger partial charge in [-0.1, -0.05) is 0 Å². The molecule has 2 aliphatic rings. The standard InChI is InChI=1S/C15H17N3O3/c19-14(2-1-11-3-4-16-8-17-11)18-13-7-9-5-10(13)6-12(9)15(20)21/h1-4,8-10,12-13H,5-7H2,(H,18,19)(H,20,21)/b2-1+/t9-,10-,12-,13-/m1/s1. The molecule has 2 N–H and O–H groups in total. The lowest BCUT2D eigenvalue weighted by atomic mass is 9.86. The van der Waals surface area contributed by atoms with Crippen molar-refractivity contribution in [1.82, 2.24) is 15.3 Å². The average molecular weight is 287 g/mol. The molecular weight excluding hydrogens is 270 g/mol. The zero-order valence-electron chi connectivity index (χ0n) is 11.5. The van der Waals surface area contributed by atoms with Crippen LogP contribution in [0.1, 0.15) is 25.0 Å². The van der Waals surface area contributed by atoms with Crippen molar-refractivity contribution in [3.63, 3.8) is 0 Å². The number of rotatable bonds is 4. The molecule has 3 rings (SSSR count). The number of carboxylic acids is 1. The monoisotopic (exact) mass is 287 g/mol. The second kappa shape index (κ2) is 5.63. The fourth-order valence-electron chi connectivity index (χ4n) is 3.55. The van der Waals surface area contributed by atoms with Gasteiger partial charge in [-0.2, -0.15) is 0 Å². The SMILES string of the molecule is O=C(/C=C/c1ccncn1)N[C@@H]1C[C@H]2C[C@@H]1C[C@H]2C(=O)O. The van der Waals surface area contributed by atoms with Crippen LogP contribution >= 0.6 is 0 Å². The van der Waals surface area contributed by atoms with Gasteiger partial charge in [0.1, 0.15) is 6.33 Å². The lowest BCUT2D eigenvalue weighted by molar-refractivity contribution is -0.143. The molecule has 0 radical (unpaired) electrons. The van der Waals surface area contributed by atoms with Crippen molar-refractivity contribution in [2.45, 2.75) is 25.3 Å². The van der Waals surface area contributed by atoms with Gasteiger partial charge < -0.3 is 10.4 Å². The van der Waals surface area contributed by atoms with Crippen molar-refractivity contribution in [2.24, 2.45) is 17.8 Å². The highest BCUT2D eigenvalue weighted by atomic mass is 16.4. The van der Waals surface area contributed by atoms with E-state index in [0.29, 0.717) is 18.0 Å². The van der Waals surface area contributed by atoms with Gasteiger partial charge in [0, 0.05) is 18.3 Å². The molecule has 21 heavy (non-hydrogen) atoms. The number of aliphatic carboxylic acids is 1. The highest BCUT2D eigenvalue weighted by molar-refractivity contribution is 5.91. The Bertz CT molecular complexity index is 573. The van der Waals surface area contributed by atoms with Crippen LogP contribution in [0, 0.1) is 17.8 Å². The van der Waals surface area contributed by atoms with Crippen LogP contribution in [-0.4, -0.2) is 33.0 Å². The molecule has 0 saturated heterocycles. The lowest BCUT2D eigenvalue weighted by Crippen LogP contribution is -2.40. The predicted octanol–water partition coefficient (Wildman–Crippen LogP) is 1.11. The molecule has 4 atom stereocenters. The molecule has 1 amide bonds. The van der Waals surface area contributed by atoms with Gasteiger partial charge in [-0.15, -0.1) is 0 Å². The molecule has 6 heteroatoms. The molecular formula is C15H17N3O3. The number of carboxylic acid groups (broad SMARTS) is 1. The van der Waals surface area contributed by atoms with Crippen molar-refractivity contribution in [3.05, 3.63) is 30.4 Å². The summed E-state index contributed by atoms with van der Waals surface area (Å²) in [5.74, 6) is -0.565. The zero-order valence-corrected chi connectivity index (χ0v) is 11.5. The Morgan fingerprint density at radius 2 is 2.14 bits per heavy atom. The number of amides is 1. The number of nitrogens with one attached hydrogen (secondary N) is 1. The van der Waals surface area contributed by atoms with E-state index in [-0.39, 0.29) is 23.8 Å². The van der Waals surface area contributed by atoms with E-state index in [4.69, 9.17) is 5.11 Å². The number of fused-ring (bicyclic) bond motifs is 2. The van der Waals surface area contributed by atoms with Gasteiger partial charge >= 0.3 is 5.97 Å². The lowest BCUT2D eigenvalue weighted by Gasteiger charge is -2.25. The summed E-state index contributed by atoms with van der Waals surface area (Å²) in [6, 6.07) is 1.83. The van der Waals surface area contributed by atoms with E-state index < -0.39 is 5.97 Å². The molecule has 110 valence electrons. The van der Waals surface area contributed by atoms with Crippen molar-refractivity contribution in [3.8, 4) is 0 Å². The van der Waals surface area contributed by atoms with Crippen LogP contribution in [0.4, 0.5) is 0 Å². The van der Waals surface area contributed by atoms with E-state index in [0.717, 1.165) is 12.8 Å². The minimum Gasteiger partial charge on any atom is -0.481 e. The Morgan fingerprint density at radius 1 is 1.29 bits per heavy atom. The molecule has 2 aliphatic carbocycles. The normalized spacial score (nSPS) is 30.7. The van der Waals surface area contributed by atoms with E-state index >= 15 is 0 Å². The van der Waals surface area contributed by atoms with Crippen LogP contribution in [0.3, 0.4) is 0 Å². The van der Waals surface area contributed by atoms with Gasteiger partial charge in [-0.25, -0.2) is 9.97 Å². The summed E-state index contributed by atoms with van der Waals surface area (Å²) >= 11 is 0. The smallest absolute Gasteiger partial charge is 0.306 e. The number of nitrogens with zero attached hydrogens (tertiary/aromatic N) is 2. The number of hydrogen-bond donors (Lipinski definition) is 2. The largest absolute Gasteiger partial charge is 0.481 e. The van der Waals surface area contributed by atoms with E-state index in [1.165, 1.54) is 12.4 Å². The maximum absolute atomic E-state index is 11.9. The Hall–Kier alpha value is -2.24. The van der Waals surface area contributed by atoms with E-state index in [1.807, 2.05) is 0 Å². The summed E-state index contributed by atoms with van der Waals surface area (Å²) in [5, 5.41) is 12.1. The second-order valence-corrected chi connectivity index (χ2v) is 5.75. The van der Waals surface area contributed by atoms with Crippen LogP contribution in [0.15, 0.2) is 24.7 Å². The quantitative estimate of drug-likeness (QED) is 0.809. The fraction of sp³-hybridized carbons (Fsp3) is 0.467. The molecule has 0 aliphatic heterocycles. The topological polar surface area (TPSA) is 92.2 Å². The Morgan fingerprint density at radius 3 is 2.76 bits per heavy atom. The van der Waals surface area contributed by atoms with Crippen LogP contribution in [0.5, 0.6) is 0 Å². The van der Waals surface area contributed by atoms with E-state index in [1.54, 1.807) is 18.3 Å². The summed E-state index contributed by atoms with van der Waals surface area (Å²) in [6.45, 7) is 0. The molecule has 0 unspecified atom stereocenters. The third-order valence-electron chi connectivity index (χ3n) is 4.51. The molecule has 2 fully saturated rings. The van der Waals surface area contributed by atoms with Crippen molar-refractivity contribution in [2.75, 3.05) is 0 Å². The fourth-order valence-corrected chi connectivity index (χ4v) is 3.55. The first-order valence-corrected chi connectivity index (χ1v) is 7.11. The van der Waals surface area contributed by atoms with Gasteiger partial charge in [-0.05, 0) is 43.2 Å². The first-order chi connectivity index (χ1) is 10.1. The van der Waals surface area contributed by atoms with Crippen LogP contribution in [0.25, 0.3) is 6.08 Å². The van der Waals surface area contributed by atoms with Gasteiger partial charge in [0.2, 0.25) is 5.91 Å². The zero-order chi connectivity index (χ0) is 14.8. The summed E-state index contributed by atoms with van der Waals surface area (Å²) in [7, 11) is 0. The van der Waals surface area contributed by atoms with Crippen molar-refractivity contribution >= 4 is 18.0 Å². The number of carbonyl (C=O) groups excluding carboxylic acids is 1. The summed E-state index contributed by atoms with van der Waals surface area (Å²) in [6.07, 6.45) is 8.52. The second-order valence-electron chi connectivity index (χ2n) is 5.75. The Kier molecular flexibility index (Phi) is 3.68. The maximum atomic E-state index is 11.9. The molecule has 1 heterocycles. The third-order valence-corrected chi connectivity index (χ3v) is 4.51. The highest BCUT2D eigenvalue weighted by Crippen LogP contribution is 2.48. The van der Waals surface area contributed by atoms with Crippen LogP contribution < -0.4 is 5.32 Å². The van der Waals surface area contributed by atoms with Crippen molar-refractivity contribution < 1.29 is 14.7 Å². The summed E-state index contributed by atoms with van der Waals surface area (Å²) < 4.78 is 0. The van der Waals surface area contributed by atoms with E-state index in [2.05, 4.69) is 15.3 Å². The summed E-state index contributed by atoms with van der Waals surface area (Å²) in [4.78, 5) is 30.8. The number of carbonyl (C=O) groups is 2. The number of hydrogen-bond acceptors (Lipinski definition) is 4. The van der Waals surface area contributed by atoms with Gasteiger partial charge in [0.05, 0.1) is 11.6 Å². The molecule has 1 aromatic heterocycles. The molecule has 2 saturated carbocycles. The van der Waals surface area contributed by atoms with Crippen LogP contribution in [0.2, 0.25) is 0 Å². The van der Waals surface area contributed by atoms with Gasteiger partial charge in [-0.3, -0.25) is 9.59 Å². The average Bonchev–Trinajstić information content (AvgIpc) is 3.06. The van der Waals surface area contributed by atoms with Crippen LogP contribution in [-0.2, 0) is 9.59 Å². The highest BCUT2D eigenvalue weighted by Gasteiger charge is 2.48. The first kappa shape index (κ1) is 13.7. The minimum absolute atomic E-state index is 0.105. The number of aromatic nitrogens is 2. The molecule has 6 nitrogen and oxygen atoms in total. The molecule has 2 bridgehead atoms. The maximum Gasteiger partial charge on any atom is 0.306 e. The Labute approximate surface area is 122 Å². The molecule has 1 aromatic rings. The molecule has 0 aromatic carbocycles. The van der Waals surface area contributed by atoms with E-state index in [9.17, 15) is 9.59 Å². The van der Waals surface area contributed by atoms with Crippen molar-refractivity contribution in [1.29, 1.82) is 0 Å². The third kappa shape index (κ3) is 2.94. The summed E-state index contributed by atoms with van der Waals surface area (Å²) in [5.41, 5.74) is 0.680. The molecule has 0 spiro atoms. The Balaban J connectivity index is 1.54. The minimum atomic E-state index is -0.698. The first-order valence-electron chi connectivity index (χ1n) is 7.11.